The molecule has 0 aliphatic rings. The SMILES string of the molecule is Cc1ccc(Cl)c(OC(=O)c2csc(-c3ccccc3)n2)c1. The fourth-order valence-corrected chi connectivity index (χ4v) is 2.87. The zero-order valence-electron chi connectivity index (χ0n) is 11.7. The number of hydrogen-bond donors (Lipinski definition) is 0. The molecule has 0 aliphatic heterocycles. The lowest BCUT2D eigenvalue weighted by molar-refractivity contribution is 0.0729. The first-order chi connectivity index (χ1) is 10.6. The van der Waals surface area contributed by atoms with Gasteiger partial charge in [-0.15, -0.1) is 11.3 Å². The lowest BCUT2D eigenvalue weighted by Gasteiger charge is -2.05. The summed E-state index contributed by atoms with van der Waals surface area (Å²) in [7, 11) is 0. The van der Waals surface area contributed by atoms with E-state index in [2.05, 4.69) is 4.98 Å². The van der Waals surface area contributed by atoms with Crippen LogP contribution in [-0.4, -0.2) is 11.0 Å². The Kier molecular flexibility index (Phi) is 4.22. The molecule has 110 valence electrons. The molecule has 0 bridgehead atoms. The van der Waals surface area contributed by atoms with Gasteiger partial charge in [-0.1, -0.05) is 48.0 Å². The van der Waals surface area contributed by atoms with Crippen molar-refractivity contribution in [1.82, 2.24) is 4.98 Å². The van der Waals surface area contributed by atoms with Crippen LogP contribution in [0.15, 0.2) is 53.9 Å². The van der Waals surface area contributed by atoms with E-state index >= 15 is 0 Å². The number of aromatic nitrogens is 1. The maximum atomic E-state index is 12.2. The van der Waals surface area contributed by atoms with Crippen molar-refractivity contribution in [2.75, 3.05) is 0 Å². The molecular weight excluding hydrogens is 318 g/mol. The molecule has 22 heavy (non-hydrogen) atoms. The fraction of sp³-hybridized carbons (Fsp3) is 0.0588. The van der Waals surface area contributed by atoms with Gasteiger partial charge >= 0.3 is 5.97 Å². The summed E-state index contributed by atoms with van der Waals surface area (Å²) in [6.45, 7) is 1.91. The molecule has 3 aromatic rings. The van der Waals surface area contributed by atoms with Crippen molar-refractivity contribution in [3.8, 4) is 16.3 Å². The topological polar surface area (TPSA) is 39.2 Å². The third-order valence-corrected chi connectivity index (χ3v) is 4.23. The summed E-state index contributed by atoms with van der Waals surface area (Å²) in [6.07, 6.45) is 0. The lowest BCUT2D eigenvalue weighted by atomic mass is 10.2. The van der Waals surface area contributed by atoms with Gasteiger partial charge in [0.25, 0.3) is 0 Å². The third kappa shape index (κ3) is 3.18. The Bertz CT molecular complexity index is 815. The van der Waals surface area contributed by atoms with Crippen LogP contribution in [0.3, 0.4) is 0 Å². The van der Waals surface area contributed by atoms with Crippen molar-refractivity contribution in [1.29, 1.82) is 0 Å². The van der Waals surface area contributed by atoms with E-state index in [0.717, 1.165) is 16.1 Å². The summed E-state index contributed by atoms with van der Waals surface area (Å²) >= 11 is 7.44. The van der Waals surface area contributed by atoms with E-state index in [1.54, 1.807) is 17.5 Å². The number of carbonyl (C=O) groups excluding carboxylic acids is 1. The Morgan fingerprint density at radius 1 is 1.18 bits per heavy atom. The molecule has 0 aliphatic carbocycles. The van der Waals surface area contributed by atoms with Crippen LogP contribution in [-0.2, 0) is 0 Å². The molecule has 1 aromatic heterocycles. The number of aryl methyl sites for hydroxylation is 1. The van der Waals surface area contributed by atoms with E-state index in [4.69, 9.17) is 16.3 Å². The second-order valence-electron chi connectivity index (χ2n) is 4.73. The Morgan fingerprint density at radius 2 is 1.95 bits per heavy atom. The number of esters is 1. The van der Waals surface area contributed by atoms with Gasteiger partial charge in [0.1, 0.15) is 10.8 Å². The molecule has 0 saturated carbocycles. The number of halogens is 1. The largest absolute Gasteiger partial charge is 0.420 e. The number of thiazole rings is 1. The molecule has 1 heterocycles. The summed E-state index contributed by atoms with van der Waals surface area (Å²) in [6, 6.07) is 15.0. The van der Waals surface area contributed by atoms with E-state index < -0.39 is 5.97 Å². The summed E-state index contributed by atoms with van der Waals surface area (Å²) in [4.78, 5) is 16.5. The van der Waals surface area contributed by atoms with Crippen LogP contribution in [0.1, 0.15) is 16.1 Å². The highest BCUT2D eigenvalue weighted by atomic mass is 35.5. The molecule has 0 amide bonds. The number of nitrogens with zero attached hydrogens (tertiary/aromatic N) is 1. The average Bonchev–Trinajstić information content (AvgIpc) is 3.02. The predicted octanol–water partition coefficient (Wildman–Crippen LogP) is 4.99. The summed E-state index contributed by atoms with van der Waals surface area (Å²) < 4.78 is 5.33. The molecule has 0 spiro atoms. The van der Waals surface area contributed by atoms with Gasteiger partial charge in [0.2, 0.25) is 0 Å². The van der Waals surface area contributed by atoms with Gasteiger partial charge in [-0.2, -0.15) is 0 Å². The molecule has 0 atom stereocenters. The van der Waals surface area contributed by atoms with Gasteiger partial charge in [-0.25, -0.2) is 9.78 Å². The number of rotatable bonds is 3. The Labute approximate surface area is 137 Å². The van der Waals surface area contributed by atoms with Crippen molar-refractivity contribution in [2.45, 2.75) is 6.92 Å². The van der Waals surface area contributed by atoms with E-state index in [9.17, 15) is 4.79 Å². The molecule has 3 rings (SSSR count). The predicted molar refractivity (Wildman–Crippen MR) is 88.7 cm³/mol. The van der Waals surface area contributed by atoms with Crippen molar-refractivity contribution in [3.05, 3.63) is 70.2 Å². The van der Waals surface area contributed by atoms with Gasteiger partial charge in [0.05, 0.1) is 5.02 Å². The minimum atomic E-state index is -0.508. The first kappa shape index (κ1) is 14.8. The van der Waals surface area contributed by atoms with Crippen LogP contribution in [0.25, 0.3) is 10.6 Å². The van der Waals surface area contributed by atoms with Gasteiger partial charge in [0.15, 0.2) is 5.69 Å². The van der Waals surface area contributed by atoms with Crippen molar-refractivity contribution in [2.24, 2.45) is 0 Å². The van der Waals surface area contributed by atoms with E-state index in [1.807, 2.05) is 43.3 Å². The van der Waals surface area contributed by atoms with Crippen molar-refractivity contribution in [3.63, 3.8) is 0 Å². The minimum absolute atomic E-state index is 0.279. The van der Waals surface area contributed by atoms with Gasteiger partial charge < -0.3 is 4.74 Å². The highest BCUT2D eigenvalue weighted by Gasteiger charge is 2.15. The van der Waals surface area contributed by atoms with Gasteiger partial charge in [-0.05, 0) is 24.6 Å². The monoisotopic (exact) mass is 329 g/mol. The van der Waals surface area contributed by atoms with Crippen LogP contribution in [0, 0.1) is 6.92 Å². The molecular formula is C17H12ClNO2S. The van der Waals surface area contributed by atoms with Crippen LogP contribution in [0.5, 0.6) is 5.75 Å². The zero-order chi connectivity index (χ0) is 15.5. The standard InChI is InChI=1S/C17H12ClNO2S/c1-11-7-8-13(18)15(9-11)21-17(20)14-10-22-16(19-14)12-5-3-2-4-6-12/h2-10H,1H3. The fourth-order valence-electron chi connectivity index (χ4n) is 1.92. The zero-order valence-corrected chi connectivity index (χ0v) is 13.3. The highest BCUT2D eigenvalue weighted by molar-refractivity contribution is 7.13. The van der Waals surface area contributed by atoms with E-state index in [-0.39, 0.29) is 5.69 Å². The first-order valence-electron chi connectivity index (χ1n) is 6.63. The molecule has 0 radical (unpaired) electrons. The molecule has 0 saturated heterocycles. The second-order valence-corrected chi connectivity index (χ2v) is 5.99. The first-order valence-corrected chi connectivity index (χ1v) is 7.88. The van der Waals surface area contributed by atoms with Crippen LogP contribution >= 0.6 is 22.9 Å². The molecule has 0 unspecified atom stereocenters. The summed E-state index contributed by atoms with van der Waals surface area (Å²) in [5.74, 6) is -0.160. The van der Waals surface area contributed by atoms with E-state index in [1.165, 1.54) is 11.3 Å². The highest BCUT2D eigenvalue weighted by Crippen LogP contribution is 2.27. The summed E-state index contributed by atoms with van der Waals surface area (Å²) in [5, 5.41) is 2.87. The van der Waals surface area contributed by atoms with Crippen LogP contribution in [0.2, 0.25) is 5.02 Å². The molecule has 3 nitrogen and oxygen atoms in total. The van der Waals surface area contributed by atoms with Crippen molar-refractivity contribution >= 4 is 28.9 Å². The number of benzene rings is 2. The summed E-state index contributed by atoms with van der Waals surface area (Å²) in [5.41, 5.74) is 2.22. The van der Waals surface area contributed by atoms with Crippen molar-refractivity contribution < 1.29 is 9.53 Å². The maximum Gasteiger partial charge on any atom is 0.363 e. The number of hydrogen-bond acceptors (Lipinski definition) is 4. The second kappa shape index (κ2) is 6.30. The number of ether oxygens (including phenoxy) is 1. The smallest absolute Gasteiger partial charge is 0.363 e. The quantitative estimate of drug-likeness (QED) is 0.502. The lowest BCUT2D eigenvalue weighted by Crippen LogP contribution is -2.09. The average molecular weight is 330 g/mol. The minimum Gasteiger partial charge on any atom is -0.420 e. The van der Waals surface area contributed by atoms with Gasteiger partial charge in [-0.3, -0.25) is 0 Å². The molecule has 5 heteroatoms. The molecule has 2 aromatic carbocycles. The van der Waals surface area contributed by atoms with Crippen LogP contribution in [0.4, 0.5) is 0 Å². The Balaban J connectivity index is 1.81. The normalized spacial score (nSPS) is 10.5. The molecule has 0 fully saturated rings. The maximum absolute atomic E-state index is 12.2. The number of carbonyl (C=O) groups is 1. The molecule has 0 N–H and O–H groups in total. The van der Waals surface area contributed by atoms with Gasteiger partial charge in [0, 0.05) is 10.9 Å². The Morgan fingerprint density at radius 3 is 2.73 bits per heavy atom. The third-order valence-electron chi connectivity index (χ3n) is 3.02. The van der Waals surface area contributed by atoms with Crippen LogP contribution < -0.4 is 4.74 Å². The van der Waals surface area contributed by atoms with E-state index in [0.29, 0.717) is 10.8 Å². The Hall–Kier alpha value is -2.17.